The molecule has 0 unspecified atom stereocenters. The van der Waals surface area contributed by atoms with E-state index < -0.39 is 112 Å². The van der Waals surface area contributed by atoms with Crippen LogP contribution >= 0.6 is 0 Å². The number of hydrogen-bond donors (Lipinski definition) is 11. The number of aliphatic hydroxyl groups excluding tert-OH is 11. The van der Waals surface area contributed by atoms with Crippen LogP contribution in [-0.4, -0.2) is 168 Å². The van der Waals surface area contributed by atoms with Crippen LogP contribution < -0.4 is 0 Å². The van der Waals surface area contributed by atoms with Crippen molar-refractivity contribution in [3.63, 3.8) is 0 Å². The van der Waals surface area contributed by atoms with Gasteiger partial charge >= 0.3 is 0 Å². The Morgan fingerprint density at radius 3 is 1.24 bits per heavy atom. The SMILES string of the molecule is OC[C@H]1O[C@@H](OC[C@H]2O[C@H](O[C@H]3O[C@H](CO)[C@@H](O)[C@H](O)[C@H]3O)[C@H](O)[C@@H](O)[C@@H]2O)[C@H](O)[C@@H](O)[C@H]1O. The van der Waals surface area contributed by atoms with Crippen molar-refractivity contribution in [1.82, 2.24) is 0 Å². The standard InChI is InChI=1S/C18H32O16/c19-1-4-7(21)10(24)13(27)16(31-4)30-3-6-9(23)12(26)15(29)18(33-6)34-17-14(28)11(25)8(22)5(2-20)32-17/h4-29H,1-3H2/t4-,5-,6-,7+,8-,9-,10+,11+,12+,13-,14-,15-,16-,17-,18-/m1/s1. The highest BCUT2D eigenvalue weighted by atomic mass is 16.8. The predicted molar refractivity (Wildman–Crippen MR) is 101 cm³/mol. The fraction of sp³-hybridized carbons (Fsp3) is 1.00. The van der Waals surface area contributed by atoms with Crippen LogP contribution in [0.5, 0.6) is 0 Å². The third kappa shape index (κ3) is 5.52. The molecule has 0 spiro atoms. The van der Waals surface area contributed by atoms with E-state index in [0.29, 0.717) is 0 Å². The zero-order valence-electron chi connectivity index (χ0n) is 17.7. The van der Waals surface area contributed by atoms with Gasteiger partial charge in [-0.3, -0.25) is 0 Å². The minimum atomic E-state index is -1.87. The summed E-state index contributed by atoms with van der Waals surface area (Å²) < 4.78 is 26.3. The van der Waals surface area contributed by atoms with Crippen LogP contribution in [0, 0.1) is 0 Å². The molecule has 0 amide bonds. The summed E-state index contributed by atoms with van der Waals surface area (Å²) in [6, 6.07) is 0. The van der Waals surface area contributed by atoms with E-state index in [9.17, 15) is 56.2 Å². The van der Waals surface area contributed by atoms with Gasteiger partial charge in [0.15, 0.2) is 18.9 Å². The first kappa shape index (κ1) is 27.9. The average Bonchev–Trinajstić information content (AvgIpc) is 2.83. The maximum absolute atomic E-state index is 10.2. The second-order valence-corrected chi connectivity index (χ2v) is 8.38. The molecule has 34 heavy (non-hydrogen) atoms. The van der Waals surface area contributed by atoms with Gasteiger partial charge in [-0.15, -0.1) is 0 Å². The molecule has 0 saturated carbocycles. The van der Waals surface area contributed by atoms with Crippen molar-refractivity contribution >= 4 is 0 Å². The van der Waals surface area contributed by atoms with E-state index in [2.05, 4.69) is 0 Å². The van der Waals surface area contributed by atoms with Crippen LogP contribution in [0.2, 0.25) is 0 Å². The molecule has 0 aromatic carbocycles. The Morgan fingerprint density at radius 1 is 0.441 bits per heavy atom. The Labute approximate surface area is 192 Å². The van der Waals surface area contributed by atoms with Crippen LogP contribution in [0.1, 0.15) is 0 Å². The maximum Gasteiger partial charge on any atom is 0.189 e. The van der Waals surface area contributed by atoms with Gasteiger partial charge in [-0.1, -0.05) is 0 Å². The number of rotatable bonds is 7. The van der Waals surface area contributed by atoms with E-state index in [-0.39, 0.29) is 0 Å². The van der Waals surface area contributed by atoms with Gasteiger partial charge in [0.25, 0.3) is 0 Å². The van der Waals surface area contributed by atoms with Crippen LogP contribution in [-0.2, 0) is 23.7 Å². The molecule has 16 nitrogen and oxygen atoms in total. The van der Waals surface area contributed by atoms with Gasteiger partial charge in [-0.2, -0.15) is 0 Å². The minimum Gasteiger partial charge on any atom is -0.394 e. The minimum absolute atomic E-state index is 0.609. The second-order valence-electron chi connectivity index (χ2n) is 8.38. The lowest BCUT2D eigenvalue weighted by atomic mass is 9.98. The molecular weight excluding hydrogens is 472 g/mol. The number of hydrogen-bond acceptors (Lipinski definition) is 16. The lowest BCUT2D eigenvalue weighted by molar-refractivity contribution is -0.381. The van der Waals surface area contributed by atoms with Crippen LogP contribution in [0.25, 0.3) is 0 Å². The number of ether oxygens (including phenoxy) is 5. The first-order valence-corrected chi connectivity index (χ1v) is 10.6. The van der Waals surface area contributed by atoms with Gasteiger partial charge in [0, 0.05) is 0 Å². The van der Waals surface area contributed by atoms with Gasteiger partial charge in [0.1, 0.15) is 73.2 Å². The Kier molecular flexibility index (Phi) is 9.54. The predicted octanol–water partition coefficient (Wildman–Crippen LogP) is -7.57. The van der Waals surface area contributed by atoms with E-state index in [1.807, 2.05) is 0 Å². The first-order chi connectivity index (χ1) is 16.0. The summed E-state index contributed by atoms with van der Waals surface area (Å²) in [5.74, 6) is 0. The molecule has 3 rings (SSSR count). The molecule has 0 aromatic rings. The van der Waals surface area contributed by atoms with E-state index in [4.69, 9.17) is 23.7 Å². The highest BCUT2D eigenvalue weighted by Gasteiger charge is 2.50. The van der Waals surface area contributed by atoms with E-state index >= 15 is 0 Å². The van der Waals surface area contributed by atoms with E-state index in [1.54, 1.807) is 0 Å². The zero-order chi connectivity index (χ0) is 25.3. The summed E-state index contributed by atoms with van der Waals surface area (Å²) in [5, 5.41) is 109. The lowest BCUT2D eigenvalue weighted by Crippen LogP contribution is -2.64. The molecule has 0 radical (unpaired) electrons. The monoisotopic (exact) mass is 504 g/mol. The molecule has 15 atom stereocenters. The van der Waals surface area contributed by atoms with Crippen molar-refractivity contribution < 1.29 is 79.9 Å². The van der Waals surface area contributed by atoms with Crippen LogP contribution in [0.3, 0.4) is 0 Å². The Balaban J connectivity index is 1.64. The quantitative estimate of drug-likeness (QED) is 0.154. The van der Waals surface area contributed by atoms with Crippen LogP contribution in [0.4, 0.5) is 0 Å². The van der Waals surface area contributed by atoms with Crippen molar-refractivity contribution in [2.45, 2.75) is 92.1 Å². The molecule has 11 N–H and O–H groups in total. The molecule has 200 valence electrons. The summed E-state index contributed by atoms with van der Waals surface area (Å²) in [4.78, 5) is 0. The van der Waals surface area contributed by atoms with Crippen molar-refractivity contribution in [1.29, 1.82) is 0 Å². The number of aliphatic hydroxyl groups is 11. The third-order valence-electron chi connectivity index (χ3n) is 6.06. The summed E-state index contributed by atoms with van der Waals surface area (Å²) >= 11 is 0. The topological polar surface area (TPSA) is 269 Å². The van der Waals surface area contributed by atoms with Gasteiger partial charge < -0.3 is 79.9 Å². The largest absolute Gasteiger partial charge is 0.394 e. The van der Waals surface area contributed by atoms with Gasteiger partial charge in [0.05, 0.1) is 19.8 Å². The second kappa shape index (κ2) is 11.6. The van der Waals surface area contributed by atoms with Crippen molar-refractivity contribution in [2.24, 2.45) is 0 Å². The molecule has 0 aromatic heterocycles. The zero-order valence-corrected chi connectivity index (χ0v) is 17.7. The molecule has 3 saturated heterocycles. The first-order valence-electron chi connectivity index (χ1n) is 10.6. The molecule has 0 bridgehead atoms. The Hall–Kier alpha value is -0.640. The summed E-state index contributed by atoms with van der Waals surface area (Å²) in [7, 11) is 0. The van der Waals surface area contributed by atoms with Gasteiger partial charge in [-0.05, 0) is 0 Å². The Bertz CT molecular complexity index is 635. The van der Waals surface area contributed by atoms with Crippen LogP contribution in [0.15, 0.2) is 0 Å². The summed E-state index contributed by atoms with van der Waals surface area (Å²) in [6.07, 6.45) is -24.9. The maximum atomic E-state index is 10.2. The van der Waals surface area contributed by atoms with Crippen molar-refractivity contribution in [3.8, 4) is 0 Å². The fourth-order valence-electron chi connectivity index (χ4n) is 3.87. The molecule has 3 aliphatic rings. The average molecular weight is 504 g/mol. The van der Waals surface area contributed by atoms with Crippen molar-refractivity contribution in [2.75, 3.05) is 19.8 Å². The van der Waals surface area contributed by atoms with E-state index in [1.165, 1.54) is 0 Å². The van der Waals surface area contributed by atoms with Gasteiger partial charge in [0.2, 0.25) is 0 Å². The van der Waals surface area contributed by atoms with E-state index in [0.717, 1.165) is 0 Å². The highest BCUT2D eigenvalue weighted by molar-refractivity contribution is 4.93. The molecule has 16 heteroatoms. The molecule has 0 aliphatic carbocycles. The fourth-order valence-corrected chi connectivity index (χ4v) is 3.87. The molecule has 3 heterocycles. The molecule has 3 fully saturated rings. The third-order valence-corrected chi connectivity index (χ3v) is 6.06. The lowest BCUT2D eigenvalue weighted by Gasteiger charge is -2.45. The smallest absolute Gasteiger partial charge is 0.189 e. The Morgan fingerprint density at radius 2 is 0.794 bits per heavy atom. The van der Waals surface area contributed by atoms with Crippen molar-refractivity contribution in [3.05, 3.63) is 0 Å². The summed E-state index contributed by atoms with van der Waals surface area (Å²) in [6.45, 7) is -2.05. The molecule has 3 aliphatic heterocycles. The normalized spacial score (nSPS) is 52.5. The van der Waals surface area contributed by atoms with Gasteiger partial charge in [-0.25, -0.2) is 0 Å². The summed E-state index contributed by atoms with van der Waals surface area (Å²) in [5.41, 5.74) is 0. The highest BCUT2D eigenvalue weighted by Crippen LogP contribution is 2.29. The molecular formula is C18H32O16.